The van der Waals surface area contributed by atoms with E-state index in [1.807, 2.05) is 0 Å². The molecule has 0 radical (unpaired) electrons. The molecule has 6 nitrogen and oxygen atoms in total. The van der Waals surface area contributed by atoms with E-state index in [2.05, 4.69) is 10.6 Å². The third-order valence-corrected chi connectivity index (χ3v) is 3.77. The predicted molar refractivity (Wildman–Crippen MR) is 101 cm³/mol. The molecule has 26 heavy (non-hydrogen) atoms. The molecule has 0 aliphatic carbocycles. The van der Waals surface area contributed by atoms with Crippen molar-refractivity contribution < 1.29 is 19.1 Å². The molecule has 0 fully saturated rings. The minimum atomic E-state index is -0.749. The molecule has 0 aromatic heterocycles. The Labute approximate surface area is 157 Å². The lowest BCUT2D eigenvalue weighted by atomic mass is 10.1. The first kappa shape index (κ1) is 19.8. The highest BCUT2D eigenvalue weighted by atomic mass is 35.5. The lowest BCUT2D eigenvalue weighted by Gasteiger charge is -2.16. The van der Waals surface area contributed by atoms with E-state index in [-0.39, 0.29) is 11.8 Å². The van der Waals surface area contributed by atoms with E-state index in [1.54, 1.807) is 62.6 Å². The molecule has 2 aromatic carbocycles. The van der Waals surface area contributed by atoms with Crippen LogP contribution < -0.4 is 15.4 Å². The zero-order valence-electron chi connectivity index (χ0n) is 14.6. The summed E-state index contributed by atoms with van der Waals surface area (Å²) in [5.74, 6) is -0.121. The van der Waals surface area contributed by atoms with Gasteiger partial charge >= 0.3 is 0 Å². The summed E-state index contributed by atoms with van der Waals surface area (Å²) in [5, 5.41) is 6.05. The maximum atomic E-state index is 12.4. The summed E-state index contributed by atoms with van der Waals surface area (Å²) in [4.78, 5) is 24.7. The number of carbonyl (C=O) groups is 2. The maximum absolute atomic E-state index is 12.4. The molecule has 0 aliphatic rings. The fraction of sp³-hybridized carbons (Fsp3) is 0.263. The van der Waals surface area contributed by atoms with Gasteiger partial charge in [0.25, 0.3) is 11.8 Å². The molecule has 2 N–H and O–H groups in total. The lowest BCUT2D eigenvalue weighted by molar-refractivity contribution is -0.122. The highest BCUT2D eigenvalue weighted by Crippen LogP contribution is 2.19. The van der Waals surface area contributed by atoms with Crippen LogP contribution >= 0.6 is 11.6 Å². The molecule has 0 aliphatic heterocycles. The number of anilines is 1. The summed E-state index contributed by atoms with van der Waals surface area (Å²) in [6.45, 7) is 2.42. The van der Waals surface area contributed by atoms with Crippen LogP contribution in [-0.2, 0) is 9.53 Å². The smallest absolute Gasteiger partial charge is 0.265 e. The first-order valence-electron chi connectivity index (χ1n) is 8.10. The zero-order valence-corrected chi connectivity index (χ0v) is 15.4. The van der Waals surface area contributed by atoms with Gasteiger partial charge in [-0.05, 0) is 43.3 Å². The minimum absolute atomic E-state index is 0.288. The topological polar surface area (TPSA) is 76.7 Å². The van der Waals surface area contributed by atoms with Gasteiger partial charge in [0, 0.05) is 18.7 Å². The van der Waals surface area contributed by atoms with Crippen LogP contribution in [0.4, 0.5) is 5.69 Å². The second-order valence-electron chi connectivity index (χ2n) is 5.50. The summed E-state index contributed by atoms with van der Waals surface area (Å²) in [6, 6.07) is 13.5. The highest BCUT2D eigenvalue weighted by Gasteiger charge is 2.18. The van der Waals surface area contributed by atoms with E-state index >= 15 is 0 Å². The number of hydrogen-bond donors (Lipinski definition) is 2. The van der Waals surface area contributed by atoms with Crippen LogP contribution in [0, 0.1) is 0 Å². The van der Waals surface area contributed by atoms with Crippen LogP contribution in [0.5, 0.6) is 5.75 Å². The average Bonchev–Trinajstić information content (AvgIpc) is 2.64. The third kappa shape index (κ3) is 5.75. The fourth-order valence-corrected chi connectivity index (χ4v) is 2.28. The lowest BCUT2D eigenvalue weighted by Crippen LogP contribution is -2.32. The van der Waals surface area contributed by atoms with Crippen LogP contribution in [0.15, 0.2) is 48.5 Å². The van der Waals surface area contributed by atoms with Crippen LogP contribution in [0.1, 0.15) is 17.3 Å². The van der Waals surface area contributed by atoms with Crippen molar-refractivity contribution in [2.75, 3.05) is 25.6 Å². The maximum Gasteiger partial charge on any atom is 0.265 e. The van der Waals surface area contributed by atoms with Gasteiger partial charge in [-0.25, -0.2) is 0 Å². The molecular formula is C19H21ClN2O4. The Morgan fingerprint density at radius 1 is 1.12 bits per heavy atom. The van der Waals surface area contributed by atoms with Gasteiger partial charge in [-0.2, -0.15) is 0 Å². The molecule has 2 amide bonds. The van der Waals surface area contributed by atoms with Crippen LogP contribution in [-0.4, -0.2) is 38.2 Å². The molecule has 0 spiro atoms. The van der Waals surface area contributed by atoms with Crippen molar-refractivity contribution in [1.82, 2.24) is 5.32 Å². The molecule has 0 saturated heterocycles. The van der Waals surface area contributed by atoms with Crippen molar-refractivity contribution in [1.29, 1.82) is 0 Å². The van der Waals surface area contributed by atoms with E-state index in [0.29, 0.717) is 35.2 Å². The normalized spacial score (nSPS) is 11.5. The standard InChI is InChI=1S/C19H21ClN2O4/c1-13(26-15-9-7-14(20)8-10-15)18(23)22-17-6-4-3-5-16(17)19(24)21-11-12-25-2/h3-10,13H,11-12H2,1-2H3,(H,21,24)(H,22,23)/t13-/m0/s1. The second-order valence-corrected chi connectivity index (χ2v) is 5.93. The number of methoxy groups -OCH3 is 1. The van der Waals surface area contributed by atoms with Crippen LogP contribution in [0.3, 0.4) is 0 Å². The number of halogens is 1. The first-order valence-corrected chi connectivity index (χ1v) is 8.48. The number of hydrogen-bond acceptors (Lipinski definition) is 4. The van der Waals surface area contributed by atoms with Crippen molar-refractivity contribution in [3.63, 3.8) is 0 Å². The molecule has 138 valence electrons. The Morgan fingerprint density at radius 2 is 1.81 bits per heavy atom. The number of para-hydroxylation sites is 1. The zero-order chi connectivity index (χ0) is 18.9. The number of benzene rings is 2. The van der Waals surface area contributed by atoms with E-state index in [0.717, 1.165) is 0 Å². The molecule has 0 bridgehead atoms. The SMILES string of the molecule is COCCNC(=O)c1ccccc1NC(=O)[C@H](C)Oc1ccc(Cl)cc1. The second kappa shape index (κ2) is 9.79. The molecule has 2 aromatic rings. The van der Waals surface area contributed by atoms with E-state index < -0.39 is 6.10 Å². The molecule has 1 atom stereocenters. The first-order chi connectivity index (χ1) is 12.5. The molecule has 2 rings (SSSR count). The van der Waals surface area contributed by atoms with Gasteiger partial charge in [-0.3, -0.25) is 9.59 Å². The Bertz CT molecular complexity index is 749. The van der Waals surface area contributed by atoms with Crippen molar-refractivity contribution in [2.45, 2.75) is 13.0 Å². The summed E-state index contributed by atoms with van der Waals surface area (Å²) in [7, 11) is 1.56. The summed E-state index contributed by atoms with van der Waals surface area (Å²) in [5.41, 5.74) is 0.787. The fourth-order valence-electron chi connectivity index (χ4n) is 2.16. The summed E-state index contributed by atoms with van der Waals surface area (Å²) < 4.78 is 10.5. The monoisotopic (exact) mass is 376 g/mol. The number of amides is 2. The van der Waals surface area contributed by atoms with Gasteiger partial charge in [0.2, 0.25) is 0 Å². The Hall–Kier alpha value is -2.57. The third-order valence-electron chi connectivity index (χ3n) is 3.52. The van der Waals surface area contributed by atoms with Crippen LogP contribution in [0.25, 0.3) is 0 Å². The summed E-state index contributed by atoms with van der Waals surface area (Å²) >= 11 is 5.83. The van der Waals surface area contributed by atoms with E-state index in [1.165, 1.54) is 0 Å². The highest BCUT2D eigenvalue weighted by molar-refractivity contribution is 6.30. The number of nitrogens with one attached hydrogen (secondary N) is 2. The predicted octanol–water partition coefficient (Wildman–Crippen LogP) is 3.12. The molecular weight excluding hydrogens is 356 g/mol. The number of ether oxygens (including phenoxy) is 2. The molecule has 0 heterocycles. The molecule has 0 unspecified atom stereocenters. The Kier molecular flexibility index (Phi) is 7.44. The van der Waals surface area contributed by atoms with Crippen molar-refractivity contribution in [2.24, 2.45) is 0 Å². The van der Waals surface area contributed by atoms with Crippen molar-refractivity contribution in [3.05, 3.63) is 59.1 Å². The van der Waals surface area contributed by atoms with Crippen LogP contribution in [0.2, 0.25) is 5.02 Å². The van der Waals surface area contributed by atoms with Gasteiger partial charge in [0.05, 0.1) is 17.9 Å². The number of carbonyl (C=O) groups excluding carboxylic acids is 2. The minimum Gasteiger partial charge on any atom is -0.481 e. The van der Waals surface area contributed by atoms with Gasteiger partial charge < -0.3 is 20.1 Å². The van der Waals surface area contributed by atoms with E-state index in [9.17, 15) is 9.59 Å². The van der Waals surface area contributed by atoms with Crippen molar-refractivity contribution >= 4 is 29.1 Å². The van der Waals surface area contributed by atoms with Gasteiger partial charge in [-0.15, -0.1) is 0 Å². The average molecular weight is 377 g/mol. The largest absolute Gasteiger partial charge is 0.481 e. The number of rotatable bonds is 8. The van der Waals surface area contributed by atoms with Crippen molar-refractivity contribution in [3.8, 4) is 5.75 Å². The molecule has 0 saturated carbocycles. The van der Waals surface area contributed by atoms with Gasteiger partial charge in [0.1, 0.15) is 5.75 Å². The quantitative estimate of drug-likeness (QED) is 0.694. The van der Waals surface area contributed by atoms with E-state index in [4.69, 9.17) is 21.1 Å². The summed E-state index contributed by atoms with van der Waals surface area (Å²) in [6.07, 6.45) is -0.749. The van der Waals surface area contributed by atoms with Gasteiger partial charge in [-0.1, -0.05) is 23.7 Å². The van der Waals surface area contributed by atoms with Gasteiger partial charge in [0.15, 0.2) is 6.10 Å². The Balaban J connectivity index is 2.01. The Morgan fingerprint density at radius 3 is 2.50 bits per heavy atom. The molecule has 7 heteroatoms.